The van der Waals surface area contributed by atoms with Crippen molar-refractivity contribution >= 4 is 39.6 Å². The van der Waals surface area contributed by atoms with Gasteiger partial charge in [-0.1, -0.05) is 6.07 Å². The first kappa shape index (κ1) is 18.2. The predicted molar refractivity (Wildman–Crippen MR) is 97.5 cm³/mol. The Balaban J connectivity index is 1.64. The molecule has 0 atom stereocenters. The van der Waals surface area contributed by atoms with Crippen LogP contribution in [-0.4, -0.2) is 23.3 Å². The SMILES string of the molecule is Cc1sc(NC(=O)CNC(=O)c2cccs2)nc1-c1ccc(F)c(F)c1. The Kier molecular flexibility index (Phi) is 5.38. The van der Waals surface area contributed by atoms with E-state index in [-0.39, 0.29) is 12.5 Å². The number of carbonyl (C=O) groups excluding carboxylic acids is 2. The van der Waals surface area contributed by atoms with Crippen LogP contribution in [0.1, 0.15) is 14.5 Å². The molecule has 0 unspecified atom stereocenters. The van der Waals surface area contributed by atoms with Crippen LogP contribution in [0.5, 0.6) is 0 Å². The number of thiazole rings is 1. The number of aryl methyl sites for hydroxylation is 1. The molecule has 134 valence electrons. The van der Waals surface area contributed by atoms with E-state index in [0.29, 0.717) is 21.3 Å². The second-order valence-electron chi connectivity index (χ2n) is 5.26. The summed E-state index contributed by atoms with van der Waals surface area (Å²) in [6, 6.07) is 6.92. The van der Waals surface area contributed by atoms with Crippen LogP contribution in [0.25, 0.3) is 11.3 Å². The van der Waals surface area contributed by atoms with Gasteiger partial charge in [-0.25, -0.2) is 13.8 Å². The van der Waals surface area contributed by atoms with Crippen molar-refractivity contribution in [3.8, 4) is 11.3 Å². The van der Waals surface area contributed by atoms with Gasteiger partial charge in [0, 0.05) is 10.4 Å². The molecule has 3 aromatic rings. The maximum Gasteiger partial charge on any atom is 0.261 e. The van der Waals surface area contributed by atoms with Crippen molar-refractivity contribution in [1.29, 1.82) is 0 Å². The molecule has 2 N–H and O–H groups in total. The number of aromatic nitrogens is 1. The van der Waals surface area contributed by atoms with E-state index in [9.17, 15) is 18.4 Å². The third-order valence-corrected chi connectivity index (χ3v) is 5.15. The number of hydrogen-bond donors (Lipinski definition) is 2. The fraction of sp³-hybridized carbons (Fsp3) is 0.118. The fourth-order valence-corrected chi connectivity index (χ4v) is 3.67. The number of halogens is 2. The topological polar surface area (TPSA) is 71.1 Å². The monoisotopic (exact) mass is 393 g/mol. The second kappa shape index (κ2) is 7.71. The molecule has 3 rings (SSSR count). The third kappa shape index (κ3) is 4.12. The number of nitrogens with zero attached hydrogens (tertiary/aromatic N) is 1. The molecule has 9 heteroatoms. The molecule has 5 nitrogen and oxygen atoms in total. The van der Waals surface area contributed by atoms with Gasteiger partial charge in [0.2, 0.25) is 5.91 Å². The van der Waals surface area contributed by atoms with Crippen molar-refractivity contribution in [2.45, 2.75) is 6.92 Å². The minimum Gasteiger partial charge on any atom is -0.342 e. The van der Waals surface area contributed by atoms with Crippen molar-refractivity contribution in [3.05, 3.63) is 57.1 Å². The van der Waals surface area contributed by atoms with Crippen LogP contribution in [-0.2, 0) is 4.79 Å². The molecule has 0 fully saturated rings. The molecule has 1 aromatic carbocycles. The molecule has 0 aliphatic carbocycles. The Hall–Kier alpha value is -2.65. The summed E-state index contributed by atoms with van der Waals surface area (Å²) in [5.74, 6) is -2.65. The largest absolute Gasteiger partial charge is 0.342 e. The van der Waals surface area contributed by atoms with Gasteiger partial charge in [-0.2, -0.15) is 0 Å². The Labute approximate surface area is 155 Å². The molecule has 0 saturated carbocycles. The number of hydrogen-bond acceptors (Lipinski definition) is 5. The Morgan fingerprint density at radius 1 is 1.19 bits per heavy atom. The summed E-state index contributed by atoms with van der Waals surface area (Å²) in [7, 11) is 0. The Morgan fingerprint density at radius 2 is 2.00 bits per heavy atom. The lowest BCUT2D eigenvalue weighted by molar-refractivity contribution is -0.115. The summed E-state index contributed by atoms with van der Waals surface area (Å²) in [6.07, 6.45) is 0. The van der Waals surface area contributed by atoms with Gasteiger partial charge in [-0.15, -0.1) is 22.7 Å². The van der Waals surface area contributed by atoms with Gasteiger partial charge in [0.05, 0.1) is 17.1 Å². The molecule has 2 heterocycles. The summed E-state index contributed by atoms with van der Waals surface area (Å²) < 4.78 is 26.5. The van der Waals surface area contributed by atoms with E-state index in [4.69, 9.17) is 0 Å². The Morgan fingerprint density at radius 3 is 2.69 bits per heavy atom. The van der Waals surface area contributed by atoms with E-state index in [1.165, 1.54) is 28.7 Å². The lowest BCUT2D eigenvalue weighted by Crippen LogP contribution is -2.32. The lowest BCUT2D eigenvalue weighted by atomic mass is 10.1. The first-order chi connectivity index (χ1) is 12.4. The number of nitrogens with one attached hydrogen (secondary N) is 2. The molecule has 2 aromatic heterocycles. The van der Waals surface area contributed by atoms with Crippen molar-refractivity contribution in [2.24, 2.45) is 0 Å². The van der Waals surface area contributed by atoms with Crippen molar-refractivity contribution < 1.29 is 18.4 Å². The molecule has 2 amide bonds. The van der Waals surface area contributed by atoms with Gasteiger partial charge < -0.3 is 10.6 Å². The van der Waals surface area contributed by atoms with Gasteiger partial charge in [0.25, 0.3) is 5.91 Å². The first-order valence-corrected chi connectivity index (χ1v) is 9.18. The summed E-state index contributed by atoms with van der Waals surface area (Å²) >= 11 is 2.49. The fourth-order valence-electron chi connectivity index (χ4n) is 2.18. The van der Waals surface area contributed by atoms with Crippen molar-refractivity contribution in [2.75, 3.05) is 11.9 Å². The highest BCUT2D eigenvalue weighted by molar-refractivity contribution is 7.16. The van der Waals surface area contributed by atoms with Crippen LogP contribution in [0, 0.1) is 18.6 Å². The Bertz CT molecular complexity index is 955. The third-order valence-electron chi connectivity index (χ3n) is 3.39. The number of benzene rings is 1. The molecular weight excluding hydrogens is 380 g/mol. The van der Waals surface area contributed by atoms with Gasteiger partial charge in [-0.3, -0.25) is 9.59 Å². The van der Waals surface area contributed by atoms with Crippen LogP contribution in [0.15, 0.2) is 35.7 Å². The zero-order valence-electron chi connectivity index (χ0n) is 13.5. The minimum absolute atomic E-state index is 0.199. The zero-order chi connectivity index (χ0) is 18.7. The number of rotatable bonds is 5. The van der Waals surface area contributed by atoms with E-state index >= 15 is 0 Å². The molecule has 26 heavy (non-hydrogen) atoms. The number of thiophene rings is 1. The van der Waals surface area contributed by atoms with Crippen LogP contribution in [0.3, 0.4) is 0 Å². The van der Waals surface area contributed by atoms with Crippen LogP contribution in [0.4, 0.5) is 13.9 Å². The van der Waals surface area contributed by atoms with Crippen LogP contribution < -0.4 is 10.6 Å². The highest BCUT2D eigenvalue weighted by atomic mass is 32.1. The molecule has 0 bridgehead atoms. The highest BCUT2D eigenvalue weighted by Crippen LogP contribution is 2.31. The van der Waals surface area contributed by atoms with E-state index < -0.39 is 17.5 Å². The average molecular weight is 393 g/mol. The average Bonchev–Trinajstić information content (AvgIpc) is 3.25. The first-order valence-electron chi connectivity index (χ1n) is 7.48. The number of carbonyl (C=O) groups is 2. The van der Waals surface area contributed by atoms with E-state index in [2.05, 4.69) is 15.6 Å². The van der Waals surface area contributed by atoms with Crippen molar-refractivity contribution in [3.63, 3.8) is 0 Å². The standard InChI is InChI=1S/C17H13F2N3O2S2/c1-9-15(10-4-5-11(18)12(19)7-10)22-17(26-9)21-14(23)8-20-16(24)13-3-2-6-25-13/h2-7H,8H2,1H3,(H,20,24)(H,21,22,23). The predicted octanol–water partition coefficient (Wildman–Crippen LogP) is 3.83. The van der Waals surface area contributed by atoms with Gasteiger partial charge in [0.1, 0.15) is 0 Å². The normalized spacial score (nSPS) is 10.6. The van der Waals surface area contributed by atoms with E-state index in [1.54, 1.807) is 24.4 Å². The molecule has 0 radical (unpaired) electrons. The summed E-state index contributed by atoms with van der Waals surface area (Å²) in [4.78, 5) is 29.3. The van der Waals surface area contributed by atoms with Gasteiger partial charge in [0.15, 0.2) is 16.8 Å². The van der Waals surface area contributed by atoms with Crippen LogP contribution in [0.2, 0.25) is 0 Å². The van der Waals surface area contributed by atoms with E-state index in [0.717, 1.165) is 17.0 Å². The van der Waals surface area contributed by atoms with Gasteiger partial charge >= 0.3 is 0 Å². The van der Waals surface area contributed by atoms with E-state index in [1.807, 2.05) is 0 Å². The van der Waals surface area contributed by atoms with Crippen LogP contribution >= 0.6 is 22.7 Å². The smallest absolute Gasteiger partial charge is 0.261 e. The molecule has 0 aliphatic heterocycles. The van der Waals surface area contributed by atoms with Gasteiger partial charge in [-0.05, 0) is 36.6 Å². The maximum atomic E-state index is 13.4. The minimum atomic E-state index is -0.961. The number of amides is 2. The highest BCUT2D eigenvalue weighted by Gasteiger charge is 2.15. The number of anilines is 1. The lowest BCUT2D eigenvalue weighted by Gasteiger charge is -2.03. The second-order valence-corrected chi connectivity index (χ2v) is 7.41. The molecule has 0 spiro atoms. The molecular formula is C17H13F2N3O2S2. The summed E-state index contributed by atoms with van der Waals surface area (Å²) in [5.41, 5.74) is 0.885. The summed E-state index contributed by atoms with van der Waals surface area (Å²) in [6.45, 7) is 1.57. The molecule has 0 aliphatic rings. The van der Waals surface area contributed by atoms with Crippen molar-refractivity contribution in [1.82, 2.24) is 10.3 Å². The maximum absolute atomic E-state index is 13.4. The zero-order valence-corrected chi connectivity index (χ0v) is 15.1. The quantitative estimate of drug-likeness (QED) is 0.692. The summed E-state index contributed by atoms with van der Waals surface area (Å²) in [5, 5.41) is 7.19. The molecule has 0 saturated heterocycles.